The van der Waals surface area contributed by atoms with Crippen LogP contribution in [-0.4, -0.2) is 18.7 Å². The molecule has 3 aromatic rings. The number of carbonyl (C=O) groups is 2. The number of aryl methyl sites for hydroxylation is 3. The molecule has 3 aromatic carbocycles. The van der Waals surface area contributed by atoms with Gasteiger partial charge >= 0.3 is 12.1 Å². The Hall–Kier alpha value is -3.90. The maximum absolute atomic E-state index is 12.3. The molecule has 0 aromatic heterocycles. The lowest BCUT2D eigenvalue weighted by atomic mass is 10.0. The van der Waals surface area contributed by atoms with E-state index in [-0.39, 0.29) is 12.7 Å². The Morgan fingerprint density at radius 1 is 0.912 bits per heavy atom. The molecule has 176 valence electrons. The van der Waals surface area contributed by atoms with Crippen molar-refractivity contribution in [2.75, 3.05) is 6.61 Å². The van der Waals surface area contributed by atoms with Crippen LogP contribution >= 0.6 is 0 Å². The number of benzene rings is 3. The average molecular weight is 460 g/mol. The number of rotatable bonds is 8. The van der Waals surface area contributed by atoms with Gasteiger partial charge in [-0.05, 0) is 49.1 Å². The minimum absolute atomic E-state index is 0.00992. The number of nitrogens with one attached hydrogen (secondary N) is 1. The highest BCUT2D eigenvalue weighted by Gasteiger charge is 2.16. The van der Waals surface area contributed by atoms with E-state index in [2.05, 4.69) is 0 Å². The fourth-order valence-electron chi connectivity index (χ4n) is 3.64. The standard InChI is InChI=1S/C28H29NO5/c1-20-17-21(2)26(22(3)18-20)27(30)34-29-28(31)32-16-10-15-25(24-13-8-5-9-14-24)33-19-23-11-6-4-7-12-23/h4-15,17-18,25H,16,19H2,1-3H3,(H,29,31)/b15-10+. The van der Waals surface area contributed by atoms with Gasteiger partial charge in [0.15, 0.2) is 0 Å². The lowest BCUT2D eigenvalue weighted by Crippen LogP contribution is -2.28. The van der Waals surface area contributed by atoms with Gasteiger partial charge in [-0.25, -0.2) is 9.59 Å². The van der Waals surface area contributed by atoms with Crippen molar-refractivity contribution in [3.63, 3.8) is 0 Å². The summed E-state index contributed by atoms with van der Waals surface area (Å²) in [5.74, 6) is -0.638. The molecule has 0 spiro atoms. The summed E-state index contributed by atoms with van der Waals surface area (Å²) in [6, 6.07) is 23.4. The molecule has 0 fully saturated rings. The van der Waals surface area contributed by atoms with Gasteiger partial charge in [0.2, 0.25) is 0 Å². The SMILES string of the molecule is Cc1cc(C)c(C(=O)ONC(=O)OC/C=C/C(OCc2ccccc2)c2ccccc2)c(C)c1. The smallest absolute Gasteiger partial charge is 0.441 e. The van der Waals surface area contributed by atoms with Crippen LogP contribution < -0.4 is 5.48 Å². The van der Waals surface area contributed by atoms with Crippen molar-refractivity contribution in [1.82, 2.24) is 5.48 Å². The number of amides is 1. The Labute approximate surface area is 200 Å². The molecule has 0 aliphatic rings. The third-order valence-corrected chi connectivity index (χ3v) is 5.13. The summed E-state index contributed by atoms with van der Waals surface area (Å²) in [7, 11) is 0. The van der Waals surface area contributed by atoms with Crippen LogP contribution in [0.4, 0.5) is 4.79 Å². The predicted molar refractivity (Wildman–Crippen MR) is 130 cm³/mol. The monoisotopic (exact) mass is 459 g/mol. The van der Waals surface area contributed by atoms with Crippen LogP contribution in [0.3, 0.4) is 0 Å². The molecular weight excluding hydrogens is 430 g/mol. The largest absolute Gasteiger partial charge is 0.443 e. The summed E-state index contributed by atoms with van der Waals surface area (Å²) >= 11 is 0. The summed E-state index contributed by atoms with van der Waals surface area (Å²) < 4.78 is 11.2. The maximum atomic E-state index is 12.3. The van der Waals surface area contributed by atoms with Crippen molar-refractivity contribution >= 4 is 12.1 Å². The van der Waals surface area contributed by atoms with E-state index in [1.165, 1.54) is 0 Å². The molecule has 0 saturated carbocycles. The van der Waals surface area contributed by atoms with Gasteiger partial charge in [0.1, 0.15) is 12.7 Å². The van der Waals surface area contributed by atoms with E-state index >= 15 is 0 Å². The first kappa shape index (κ1) is 24.7. The molecule has 3 rings (SSSR count). The molecule has 34 heavy (non-hydrogen) atoms. The molecule has 6 heteroatoms. The lowest BCUT2D eigenvalue weighted by molar-refractivity contribution is 0.0220. The first-order valence-corrected chi connectivity index (χ1v) is 11.0. The maximum Gasteiger partial charge on any atom is 0.441 e. The van der Waals surface area contributed by atoms with Gasteiger partial charge in [-0.3, -0.25) is 0 Å². The van der Waals surface area contributed by atoms with Gasteiger partial charge in [0.25, 0.3) is 0 Å². The third-order valence-electron chi connectivity index (χ3n) is 5.13. The fraction of sp³-hybridized carbons (Fsp3) is 0.214. The Morgan fingerprint density at radius 2 is 1.53 bits per heavy atom. The molecule has 1 atom stereocenters. The number of ether oxygens (including phenoxy) is 2. The minimum Gasteiger partial charge on any atom is -0.443 e. The van der Waals surface area contributed by atoms with Crippen LogP contribution in [0.15, 0.2) is 84.9 Å². The second-order valence-corrected chi connectivity index (χ2v) is 7.92. The molecule has 1 N–H and O–H groups in total. The second-order valence-electron chi connectivity index (χ2n) is 7.92. The molecule has 6 nitrogen and oxygen atoms in total. The molecule has 0 aliphatic carbocycles. The average Bonchev–Trinajstić information content (AvgIpc) is 2.83. The van der Waals surface area contributed by atoms with Gasteiger partial charge in [-0.15, -0.1) is 5.48 Å². The van der Waals surface area contributed by atoms with Crippen molar-refractivity contribution in [3.05, 3.63) is 118 Å². The number of carbonyl (C=O) groups excluding carboxylic acids is 2. The van der Waals surface area contributed by atoms with Crippen molar-refractivity contribution < 1.29 is 23.9 Å². The molecule has 0 heterocycles. The van der Waals surface area contributed by atoms with E-state index in [1.807, 2.05) is 105 Å². The van der Waals surface area contributed by atoms with Crippen LogP contribution in [-0.2, 0) is 20.9 Å². The van der Waals surface area contributed by atoms with Crippen LogP contribution in [0.1, 0.15) is 44.3 Å². The summed E-state index contributed by atoms with van der Waals surface area (Å²) in [5, 5.41) is 0. The van der Waals surface area contributed by atoms with E-state index in [9.17, 15) is 9.59 Å². The zero-order valence-corrected chi connectivity index (χ0v) is 19.6. The molecule has 0 radical (unpaired) electrons. The van der Waals surface area contributed by atoms with Crippen molar-refractivity contribution in [1.29, 1.82) is 0 Å². The lowest BCUT2D eigenvalue weighted by Gasteiger charge is -2.15. The van der Waals surface area contributed by atoms with Gasteiger partial charge < -0.3 is 14.3 Å². The second kappa shape index (κ2) is 12.4. The highest BCUT2D eigenvalue weighted by molar-refractivity contribution is 5.93. The topological polar surface area (TPSA) is 73.9 Å². The zero-order valence-electron chi connectivity index (χ0n) is 19.6. The quantitative estimate of drug-likeness (QED) is 0.334. The Balaban J connectivity index is 1.50. The van der Waals surface area contributed by atoms with E-state index in [0.29, 0.717) is 12.2 Å². The molecule has 1 amide bonds. The number of hydrogen-bond acceptors (Lipinski definition) is 5. The van der Waals surface area contributed by atoms with Gasteiger partial charge in [0.05, 0.1) is 12.2 Å². The minimum atomic E-state index is -0.859. The Kier molecular flexibility index (Phi) is 9.00. The highest BCUT2D eigenvalue weighted by Crippen LogP contribution is 2.21. The molecular formula is C28H29NO5. The number of hydroxylamine groups is 1. The zero-order chi connectivity index (χ0) is 24.3. The van der Waals surface area contributed by atoms with E-state index in [4.69, 9.17) is 14.3 Å². The Bertz CT molecular complexity index is 1100. The summed E-state index contributed by atoms with van der Waals surface area (Å²) in [5.41, 5.74) is 7.12. The van der Waals surface area contributed by atoms with Crippen LogP contribution in [0.2, 0.25) is 0 Å². The van der Waals surface area contributed by atoms with Crippen LogP contribution in [0.25, 0.3) is 0 Å². The molecule has 0 bridgehead atoms. The first-order chi connectivity index (χ1) is 16.4. The van der Waals surface area contributed by atoms with E-state index in [0.717, 1.165) is 27.8 Å². The Morgan fingerprint density at radius 3 is 2.18 bits per heavy atom. The third kappa shape index (κ3) is 7.32. The molecule has 1 unspecified atom stereocenters. The van der Waals surface area contributed by atoms with Crippen molar-refractivity contribution in [3.8, 4) is 0 Å². The predicted octanol–water partition coefficient (Wildman–Crippen LogP) is 5.92. The summed E-state index contributed by atoms with van der Waals surface area (Å²) in [4.78, 5) is 29.2. The van der Waals surface area contributed by atoms with Crippen LogP contribution in [0.5, 0.6) is 0 Å². The molecule has 0 saturated heterocycles. The summed E-state index contributed by atoms with van der Waals surface area (Å²) in [6.45, 7) is 6.03. The van der Waals surface area contributed by atoms with Crippen LogP contribution in [0, 0.1) is 20.8 Å². The van der Waals surface area contributed by atoms with Gasteiger partial charge in [-0.1, -0.05) is 84.4 Å². The normalized spacial score (nSPS) is 11.7. The van der Waals surface area contributed by atoms with Crippen molar-refractivity contribution in [2.45, 2.75) is 33.5 Å². The van der Waals surface area contributed by atoms with Crippen molar-refractivity contribution in [2.24, 2.45) is 0 Å². The van der Waals surface area contributed by atoms with E-state index < -0.39 is 12.1 Å². The van der Waals surface area contributed by atoms with Gasteiger partial charge in [-0.2, -0.15) is 0 Å². The summed E-state index contributed by atoms with van der Waals surface area (Å²) in [6.07, 6.45) is 2.36. The highest BCUT2D eigenvalue weighted by atomic mass is 16.7. The number of hydrogen-bond donors (Lipinski definition) is 1. The molecule has 0 aliphatic heterocycles. The fourth-order valence-corrected chi connectivity index (χ4v) is 3.64. The first-order valence-electron chi connectivity index (χ1n) is 11.0. The van der Waals surface area contributed by atoms with Gasteiger partial charge in [0, 0.05) is 0 Å². The van der Waals surface area contributed by atoms with E-state index in [1.54, 1.807) is 6.08 Å².